The van der Waals surface area contributed by atoms with E-state index in [2.05, 4.69) is 5.32 Å². The fourth-order valence-electron chi connectivity index (χ4n) is 3.42. The van der Waals surface area contributed by atoms with Gasteiger partial charge in [0.1, 0.15) is 5.76 Å². The van der Waals surface area contributed by atoms with Crippen molar-refractivity contribution in [3.63, 3.8) is 0 Å². The second-order valence-electron chi connectivity index (χ2n) is 7.72. The van der Waals surface area contributed by atoms with Gasteiger partial charge in [0.25, 0.3) is 5.91 Å². The third kappa shape index (κ3) is 4.56. The van der Waals surface area contributed by atoms with E-state index in [0.717, 1.165) is 29.9 Å². The first kappa shape index (κ1) is 19.8. The molecule has 7 nitrogen and oxygen atoms in total. The highest BCUT2D eigenvalue weighted by atomic mass is 16.3. The highest BCUT2D eigenvalue weighted by Gasteiger charge is 2.34. The minimum atomic E-state index is -0.315. The molecule has 7 heteroatoms. The maximum atomic E-state index is 12.9. The molecule has 2 heterocycles. The Morgan fingerprint density at radius 3 is 2.43 bits per heavy atom. The first-order valence-corrected chi connectivity index (χ1v) is 9.97. The van der Waals surface area contributed by atoms with E-state index in [0.29, 0.717) is 18.8 Å². The molecule has 1 saturated carbocycles. The Labute approximate surface area is 175 Å². The lowest BCUT2D eigenvalue weighted by Gasteiger charge is -2.26. The van der Waals surface area contributed by atoms with Crippen LogP contribution in [0.5, 0.6) is 0 Å². The van der Waals surface area contributed by atoms with Gasteiger partial charge in [-0.25, -0.2) is 0 Å². The largest absolute Gasteiger partial charge is 0.467 e. The predicted octanol–water partition coefficient (Wildman–Crippen LogP) is 4.13. The summed E-state index contributed by atoms with van der Waals surface area (Å²) in [5, 5.41) is 2.86. The number of nitrogens with zero attached hydrogens (tertiary/aromatic N) is 2. The lowest BCUT2D eigenvalue weighted by atomic mass is 10.1. The molecule has 0 spiro atoms. The third-order valence-electron chi connectivity index (χ3n) is 5.09. The van der Waals surface area contributed by atoms with Crippen LogP contribution in [0.2, 0.25) is 0 Å². The van der Waals surface area contributed by atoms with Gasteiger partial charge in [0.2, 0.25) is 5.91 Å². The molecule has 0 unspecified atom stereocenters. The summed E-state index contributed by atoms with van der Waals surface area (Å²) < 4.78 is 10.6. The molecule has 1 N–H and O–H groups in total. The number of furan rings is 2. The molecule has 2 aromatic heterocycles. The van der Waals surface area contributed by atoms with Gasteiger partial charge in [0.05, 0.1) is 19.1 Å². The maximum Gasteiger partial charge on any atom is 0.291 e. The van der Waals surface area contributed by atoms with Crippen molar-refractivity contribution < 1.29 is 18.4 Å². The number of anilines is 2. The van der Waals surface area contributed by atoms with Crippen molar-refractivity contribution in [1.29, 1.82) is 0 Å². The van der Waals surface area contributed by atoms with E-state index < -0.39 is 0 Å². The molecule has 1 aromatic carbocycles. The van der Waals surface area contributed by atoms with Crippen LogP contribution in [0.15, 0.2) is 63.8 Å². The lowest BCUT2D eigenvalue weighted by Crippen LogP contribution is -2.32. The van der Waals surface area contributed by atoms with Crippen LogP contribution in [0.3, 0.4) is 0 Å². The van der Waals surface area contributed by atoms with E-state index in [-0.39, 0.29) is 23.5 Å². The molecule has 1 aliphatic rings. The Balaban J connectivity index is 1.59. The number of carbonyl (C=O) groups is 2. The van der Waals surface area contributed by atoms with Crippen molar-refractivity contribution in [3.8, 4) is 0 Å². The monoisotopic (exact) mass is 407 g/mol. The Morgan fingerprint density at radius 2 is 1.80 bits per heavy atom. The van der Waals surface area contributed by atoms with Crippen molar-refractivity contribution in [3.05, 3.63) is 72.1 Å². The molecule has 0 saturated heterocycles. The second kappa shape index (κ2) is 8.49. The summed E-state index contributed by atoms with van der Waals surface area (Å²) in [6.07, 6.45) is 4.96. The summed E-state index contributed by atoms with van der Waals surface area (Å²) in [6.45, 7) is 0.839. The number of amides is 2. The minimum absolute atomic E-state index is 0.101. The van der Waals surface area contributed by atoms with Gasteiger partial charge in [-0.2, -0.15) is 0 Å². The van der Waals surface area contributed by atoms with Gasteiger partial charge in [0, 0.05) is 37.9 Å². The van der Waals surface area contributed by atoms with Crippen molar-refractivity contribution in [2.24, 2.45) is 5.92 Å². The molecule has 156 valence electrons. The quantitative estimate of drug-likeness (QED) is 0.607. The Morgan fingerprint density at radius 1 is 1.03 bits per heavy atom. The van der Waals surface area contributed by atoms with Gasteiger partial charge in [-0.3, -0.25) is 9.59 Å². The minimum Gasteiger partial charge on any atom is -0.467 e. The Hall–Kier alpha value is -3.48. The van der Waals surface area contributed by atoms with Crippen LogP contribution in [-0.4, -0.2) is 30.8 Å². The SMILES string of the molecule is CN(C)c1ccc(NC(=O)c2ccco2)cc1CN(Cc1ccco1)C(=O)C1CC1. The van der Waals surface area contributed by atoms with Gasteiger partial charge in [0.15, 0.2) is 5.76 Å². The number of benzene rings is 1. The van der Waals surface area contributed by atoms with Gasteiger partial charge in [-0.1, -0.05) is 0 Å². The Bertz CT molecular complexity index is 1010. The zero-order valence-electron chi connectivity index (χ0n) is 17.1. The van der Waals surface area contributed by atoms with E-state index >= 15 is 0 Å². The molecule has 4 rings (SSSR count). The molecule has 30 heavy (non-hydrogen) atoms. The van der Waals surface area contributed by atoms with E-state index in [1.54, 1.807) is 18.4 Å². The number of hydrogen-bond donors (Lipinski definition) is 1. The molecule has 2 amide bonds. The number of nitrogens with one attached hydrogen (secondary N) is 1. The van der Waals surface area contributed by atoms with Crippen molar-refractivity contribution >= 4 is 23.2 Å². The highest BCUT2D eigenvalue weighted by molar-refractivity contribution is 6.02. The third-order valence-corrected chi connectivity index (χ3v) is 5.09. The van der Waals surface area contributed by atoms with Gasteiger partial charge >= 0.3 is 0 Å². The average Bonchev–Trinajstić information content (AvgIpc) is 3.18. The van der Waals surface area contributed by atoms with Crippen molar-refractivity contribution in [1.82, 2.24) is 4.90 Å². The fourth-order valence-corrected chi connectivity index (χ4v) is 3.42. The van der Waals surface area contributed by atoms with Gasteiger partial charge in [-0.05, 0) is 60.9 Å². The van der Waals surface area contributed by atoms with Crippen LogP contribution in [-0.2, 0) is 17.9 Å². The summed E-state index contributed by atoms with van der Waals surface area (Å²) in [5.41, 5.74) is 2.57. The summed E-state index contributed by atoms with van der Waals surface area (Å²) in [4.78, 5) is 29.1. The average molecular weight is 407 g/mol. The second-order valence-corrected chi connectivity index (χ2v) is 7.72. The first-order chi connectivity index (χ1) is 14.5. The zero-order chi connectivity index (χ0) is 21.1. The van der Waals surface area contributed by atoms with Crippen molar-refractivity contribution in [2.45, 2.75) is 25.9 Å². The van der Waals surface area contributed by atoms with Gasteiger partial charge in [-0.15, -0.1) is 0 Å². The Kier molecular flexibility index (Phi) is 5.61. The summed E-state index contributed by atoms with van der Waals surface area (Å²) >= 11 is 0. The van der Waals surface area contributed by atoms with Crippen LogP contribution >= 0.6 is 0 Å². The van der Waals surface area contributed by atoms with Crippen molar-refractivity contribution in [2.75, 3.05) is 24.3 Å². The van der Waals surface area contributed by atoms with Crippen LogP contribution in [0, 0.1) is 5.92 Å². The number of hydrogen-bond acceptors (Lipinski definition) is 5. The summed E-state index contributed by atoms with van der Waals surface area (Å²) in [6, 6.07) is 12.7. The zero-order valence-corrected chi connectivity index (χ0v) is 17.1. The smallest absolute Gasteiger partial charge is 0.291 e. The molecule has 0 atom stereocenters. The molecule has 0 radical (unpaired) electrons. The first-order valence-electron chi connectivity index (χ1n) is 9.97. The lowest BCUT2D eigenvalue weighted by molar-refractivity contribution is -0.134. The number of carbonyl (C=O) groups excluding carboxylic acids is 2. The maximum absolute atomic E-state index is 12.9. The molecule has 1 aliphatic carbocycles. The topological polar surface area (TPSA) is 78.9 Å². The molecule has 0 bridgehead atoms. The summed E-state index contributed by atoms with van der Waals surface area (Å²) in [7, 11) is 3.92. The predicted molar refractivity (Wildman–Crippen MR) is 113 cm³/mol. The molecule has 3 aromatic rings. The standard InChI is InChI=1S/C23H25N3O4/c1-25(2)20-10-9-18(24-22(27)21-6-4-12-30-21)13-17(20)14-26(23(28)16-7-8-16)15-19-5-3-11-29-19/h3-6,9-13,16H,7-8,14-15H2,1-2H3,(H,24,27). The molecule has 0 aliphatic heterocycles. The molecular formula is C23H25N3O4. The fraction of sp³-hybridized carbons (Fsp3) is 0.304. The van der Waals surface area contributed by atoms with Crippen LogP contribution in [0.25, 0.3) is 0 Å². The van der Waals surface area contributed by atoms with E-state index in [1.165, 1.54) is 6.26 Å². The summed E-state index contributed by atoms with van der Waals surface area (Å²) in [5.74, 6) is 0.921. The normalized spacial score (nSPS) is 13.1. The van der Waals surface area contributed by atoms with Crippen LogP contribution in [0.1, 0.15) is 34.7 Å². The molecule has 1 fully saturated rings. The van der Waals surface area contributed by atoms with Crippen LogP contribution < -0.4 is 10.2 Å². The molecular weight excluding hydrogens is 382 g/mol. The van der Waals surface area contributed by atoms with Crippen LogP contribution in [0.4, 0.5) is 11.4 Å². The van der Waals surface area contributed by atoms with Gasteiger partial charge < -0.3 is 24.0 Å². The van der Waals surface area contributed by atoms with E-state index in [4.69, 9.17) is 8.83 Å². The number of rotatable bonds is 8. The highest BCUT2D eigenvalue weighted by Crippen LogP contribution is 2.33. The van der Waals surface area contributed by atoms with E-state index in [9.17, 15) is 9.59 Å². The van der Waals surface area contributed by atoms with E-state index in [1.807, 2.05) is 54.2 Å².